The van der Waals surface area contributed by atoms with Crippen molar-refractivity contribution >= 4 is 54.5 Å². The van der Waals surface area contributed by atoms with Gasteiger partial charge >= 0.3 is 0 Å². The summed E-state index contributed by atoms with van der Waals surface area (Å²) in [6, 6.07) is 83.4. The van der Waals surface area contributed by atoms with Crippen molar-refractivity contribution in [3.63, 3.8) is 0 Å². The molecule has 0 bridgehead atoms. The molecule has 14 heteroatoms. The van der Waals surface area contributed by atoms with Crippen molar-refractivity contribution in [1.29, 1.82) is 0 Å². The molecule has 5 heterocycles. The summed E-state index contributed by atoms with van der Waals surface area (Å²) in [7, 11) is 0. The average molecular weight is 2120 g/mol. The van der Waals surface area contributed by atoms with E-state index in [0.717, 1.165) is 84.5 Å². The van der Waals surface area contributed by atoms with Gasteiger partial charge in [0.15, 0.2) is 0 Å². The zero-order valence-electron chi connectivity index (χ0n) is 51.1. The van der Waals surface area contributed by atoms with Gasteiger partial charge in [-0.15, -0.1) is 141 Å². The number of nitrogens with zero attached hydrogens (tertiary/aromatic N) is 5. The molecule has 94 heavy (non-hydrogen) atoms. The minimum atomic E-state index is -0.710. The number of pyridine rings is 5. The molecule has 0 saturated carbocycles. The molecule has 0 amide bonds. The van der Waals surface area contributed by atoms with E-state index in [4.69, 9.17) is 0 Å². The van der Waals surface area contributed by atoms with Crippen molar-refractivity contribution in [3.05, 3.63) is 331 Å². The van der Waals surface area contributed by atoms with Crippen LogP contribution in [0, 0.1) is 88.2 Å². The molecule has 0 saturated heterocycles. The van der Waals surface area contributed by atoms with Crippen molar-refractivity contribution in [2.45, 2.75) is 34.6 Å². The van der Waals surface area contributed by atoms with Gasteiger partial charge in [0.05, 0.1) is 0 Å². The minimum absolute atomic E-state index is 0. The van der Waals surface area contributed by atoms with E-state index < -0.39 is 23.3 Å². The van der Waals surface area contributed by atoms with Crippen molar-refractivity contribution in [1.82, 2.24) is 24.9 Å². The summed E-state index contributed by atoms with van der Waals surface area (Å²) in [5, 5.41) is 5.34. The Morgan fingerprint density at radius 2 is 0.691 bits per heavy atom. The van der Waals surface area contributed by atoms with Gasteiger partial charge in [-0.25, -0.2) is 8.78 Å². The first-order valence-electron chi connectivity index (χ1n) is 28.8. The topological polar surface area (TPSA) is 64.5 Å². The van der Waals surface area contributed by atoms with E-state index in [1.807, 2.05) is 97.5 Å². The first kappa shape index (κ1) is 75.2. The van der Waals surface area contributed by atoms with Crippen LogP contribution in [0.1, 0.15) is 27.8 Å². The SMILES string of the molecule is Cc1[c-]c(-c2cccc3cccnc23)cc(C)c1.Cc1c[c-]c(-c2cccc3cccnc23)c(C)c1.Cc1c[c-]c(-c2cccc3cccnc23)cc1.Fc1[c-]c(-c2cccc3cccnc23)cc(F)c1.Fc1c[c-]c(-c2cccc3cccnc23)c(F)c1.[Ir].[Ir].[Ir].[Ir].[Ir]. The third-order valence-electron chi connectivity index (χ3n) is 14.6. The van der Waals surface area contributed by atoms with Gasteiger partial charge in [-0.1, -0.05) is 196 Å². The van der Waals surface area contributed by atoms with E-state index in [1.165, 1.54) is 44.5 Å². The van der Waals surface area contributed by atoms with Gasteiger partial charge in [-0.3, -0.25) is 33.7 Å². The van der Waals surface area contributed by atoms with Gasteiger partial charge in [-0.2, -0.15) is 0 Å². The van der Waals surface area contributed by atoms with E-state index in [0.29, 0.717) is 27.7 Å². The molecule has 479 valence electrons. The Morgan fingerprint density at radius 3 is 1.11 bits per heavy atom. The summed E-state index contributed by atoms with van der Waals surface area (Å²) < 4.78 is 53.1. The molecule has 0 aliphatic heterocycles. The zero-order chi connectivity index (χ0) is 61.8. The predicted molar refractivity (Wildman–Crippen MR) is 354 cm³/mol. The van der Waals surface area contributed by atoms with Gasteiger partial charge in [-0.05, 0) is 57.3 Å². The maximum atomic E-state index is 13.8. The maximum absolute atomic E-state index is 13.8. The average Bonchev–Trinajstić information content (AvgIpc) is 0.858. The molecule has 0 spiro atoms. The molecule has 0 aliphatic carbocycles. The van der Waals surface area contributed by atoms with Gasteiger partial charge in [0, 0.05) is 182 Å². The summed E-state index contributed by atoms with van der Waals surface area (Å²) in [4.78, 5) is 22.0. The molecule has 0 atom stereocenters. The van der Waals surface area contributed by atoms with Crippen LogP contribution in [0.3, 0.4) is 0 Å². The summed E-state index contributed by atoms with van der Waals surface area (Å²) in [5.41, 5.74) is 19.4. The monoisotopic (exact) mass is 2130 g/mol. The third kappa shape index (κ3) is 18.6. The van der Waals surface area contributed by atoms with Crippen LogP contribution in [0.15, 0.2) is 249 Å². The number of hydrogen-bond acceptors (Lipinski definition) is 5. The molecule has 0 unspecified atom stereocenters. The molecule has 5 radical (unpaired) electrons. The Hall–Kier alpha value is -7.78. The van der Waals surface area contributed by atoms with Crippen LogP contribution in [0.5, 0.6) is 0 Å². The Bertz CT molecular complexity index is 4700. The van der Waals surface area contributed by atoms with E-state index in [-0.39, 0.29) is 106 Å². The number of halogens is 4. The fraction of sp³-hybridized carbons (Fsp3) is 0.0625. The van der Waals surface area contributed by atoms with Crippen molar-refractivity contribution in [3.8, 4) is 55.6 Å². The van der Waals surface area contributed by atoms with Crippen LogP contribution in [0.4, 0.5) is 17.6 Å². The number of rotatable bonds is 5. The number of benzene rings is 10. The quantitative estimate of drug-likeness (QED) is 0.127. The Balaban J connectivity index is 0.000000184. The number of para-hydroxylation sites is 5. The second-order valence-corrected chi connectivity index (χ2v) is 21.3. The second kappa shape index (κ2) is 35.6. The van der Waals surface area contributed by atoms with Gasteiger partial charge in [0.1, 0.15) is 0 Å². The second-order valence-electron chi connectivity index (χ2n) is 21.3. The number of aryl methyl sites for hydroxylation is 5. The molecule has 15 aromatic rings. The Labute approximate surface area is 612 Å². The molecular formula is C80H56F4Ir5N5-5. The van der Waals surface area contributed by atoms with Crippen LogP contribution in [-0.2, 0) is 101 Å². The molecule has 0 fully saturated rings. The maximum Gasteiger partial charge on any atom is 0.0445 e. The summed E-state index contributed by atoms with van der Waals surface area (Å²) in [6.45, 7) is 10.5. The summed E-state index contributed by atoms with van der Waals surface area (Å²) in [6.07, 6.45) is 8.82. The van der Waals surface area contributed by atoms with Crippen molar-refractivity contribution in [2.75, 3.05) is 0 Å². The zero-order valence-corrected chi connectivity index (χ0v) is 63.1. The van der Waals surface area contributed by atoms with E-state index in [2.05, 4.69) is 193 Å². The van der Waals surface area contributed by atoms with Crippen LogP contribution in [-0.4, -0.2) is 24.9 Å². The molecule has 15 rings (SSSR count). The fourth-order valence-electron chi connectivity index (χ4n) is 10.6. The van der Waals surface area contributed by atoms with E-state index in [1.54, 1.807) is 24.5 Å². The standard InChI is InChI=1S/2C17H14N.C16H12N.2C15H8F2N.5Ir/c1-12-8-9-15(13(2)11-12)16-7-3-5-14-6-4-10-18-17(14)16;1-12-9-13(2)11-15(10-12)16-7-3-5-14-6-4-8-18-17(14)16;1-12-7-9-13(10-8-12)15-6-2-4-14-5-3-11-17-16(14)15;16-11-6-7-12(14(17)9-11)13-5-1-3-10-4-2-8-18-15(10)13;16-12-7-11(8-13(17)9-12)14-5-1-3-10-4-2-6-18-15(10)14;;;;;/h3-8,10-11H,1-2H3;3-10H,1-2H3;2-9,11H,1H3;1-6,8-9H;1-7,9H;;;;;/q5*-1;;;;;. The molecule has 0 N–H and O–H groups in total. The van der Waals surface area contributed by atoms with Gasteiger partial charge < -0.3 is 0 Å². The smallest absolute Gasteiger partial charge is 0.0445 e. The summed E-state index contributed by atoms with van der Waals surface area (Å²) >= 11 is 0. The largest absolute Gasteiger partial charge is 0.266 e. The first-order chi connectivity index (χ1) is 43.3. The van der Waals surface area contributed by atoms with Gasteiger partial charge in [0.2, 0.25) is 0 Å². The molecule has 0 aliphatic rings. The fourth-order valence-corrected chi connectivity index (χ4v) is 10.6. The van der Waals surface area contributed by atoms with Gasteiger partial charge in [0.25, 0.3) is 0 Å². The summed E-state index contributed by atoms with van der Waals surface area (Å²) in [5.74, 6) is -2.59. The van der Waals surface area contributed by atoms with Crippen molar-refractivity contribution in [2.24, 2.45) is 0 Å². The van der Waals surface area contributed by atoms with E-state index >= 15 is 0 Å². The van der Waals surface area contributed by atoms with Crippen LogP contribution < -0.4 is 0 Å². The number of hydrogen-bond donors (Lipinski definition) is 0. The minimum Gasteiger partial charge on any atom is -0.266 e. The predicted octanol–water partition coefficient (Wildman–Crippen LogP) is 20.6. The Kier molecular flexibility index (Phi) is 28.5. The van der Waals surface area contributed by atoms with Crippen molar-refractivity contribution < 1.29 is 118 Å². The number of aromatic nitrogens is 5. The molecule has 5 nitrogen and oxygen atoms in total. The van der Waals surface area contributed by atoms with Crippen LogP contribution in [0.2, 0.25) is 0 Å². The van der Waals surface area contributed by atoms with E-state index in [9.17, 15) is 17.6 Å². The molecule has 10 aromatic carbocycles. The molecular weight excluding hydrogens is 2070 g/mol. The third-order valence-corrected chi connectivity index (χ3v) is 14.6. The number of fused-ring (bicyclic) bond motifs is 5. The van der Waals surface area contributed by atoms with Crippen LogP contribution >= 0.6 is 0 Å². The molecule has 5 aromatic heterocycles. The normalized spacial score (nSPS) is 10.2. The first-order valence-corrected chi connectivity index (χ1v) is 28.8. The van der Waals surface area contributed by atoms with Crippen LogP contribution in [0.25, 0.3) is 110 Å². The Morgan fingerprint density at radius 1 is 0.298 bits per heavy atom.